The second kappa shape index (κ2) is 6.95. The lowest BCUT2D eigenvalue weighted by molar-refractivity contribution is 0.120. The van der Waals surface area contributed by atoms with Crippen LogP contribution >= 0.6 is 11.6 Å². The maximum absolute atomic E-state index is 15.2. The van der Waals surface area contributed by atoms with Gasteiger partial charge >= 0.3 is 0 Å². The fourth-order valence-electron chi connectivity index (χ4n) is 5.28. The quantitative estimate of drug-likeness (QED) is 0.732. The molecule has 1 N–H and O–H groups in total. The summed E-state index contributed by atoms with van der Waals surface area (Å²) in [6.07, 6.45) is 1.79. The summed E-state index contributed by atoms with van der Waals surface area (Å²) in [6, 6.07) is 9.60. The van der Waals surface area contributed by atoms with Gasteiger partial charge in [0.25, 0.3) is 0 Å². The van der Waals surface area contributed by atoms with E-state index in [-0.39, 0.29) is 29.6 Å². The van der Waals surface area contributed by atoms with Gasteiger partial charge in [0.1, 0.15) is 5.82 Å². The van der Waals surface area contributed by atoms with E-state index in [0.717, 1.165) is 23.3 Å². The maximum Gasteiger partial charge on any atom is 0.232 e. The Morgan fingerprint density at radius 2 is 1.83 bits per heavy atom. The number of ether oxygens (including phenoxy) is 1. The van der Waals surface area contributed by atoms with Crippen molar-refractivity contribution >= 4 is 21.6 Å². The molecule has 0 unspecified atom stereocenters. The van der Waals surface area contributed by atoms with Crippen LogP contribution in [0.3, 0.4) is 0 Å². The molecule has 0 saturated carbocycles. The average Bonchev–Trinajstić information content (AvgIpc) is 2.71. The summed E-state index contributed by atoms with van der Waals surface area (Å²) in [6.45, 7) is 0.182. The normalized spacial score (nSPS) is 26.7. The zero-order valence-electron chi connectivity index (χ0n) is 16.1. The van der Waals surface area contributed by atoms with Gasteiger partial charge in [0.05, 0.1) is 12.4 Å². The Hall–Kier alpha value is -2.12. The monoisotopic (exact) mass is 451 g/mol. The van der Waals surface area contributed by atoms with E-state index in [0.29, 0.717) is 36.4 Å². The molecule has 2 heterocycles. The van der Waals surface area contributed by atoms with E-state index in [4.69, 9.17) is 16.3 Å². The van der Waals surface area contributed by atoms with Crippen molar-refractivity contribution in [3.8, 4) is 5.75 Å². The molecule has 8 heteroatoms. The Morgan fingerprint density at radius 3 is 2.60 bits per heavy atom. The number of hydrogen-bond acceptors (Lipinski definition) is 3. The summed E-state index contributed by atoms with van der Waals surface area (Å²) in [4.78, 5) is 0. The van der Waals surface area contributed by atoms with E-state index in [1.807, 2.05) is 12.1 Å². The highest BCUT2D eigenvalue weighted by Gasteiger charge is 2.52. The lowest BCUT2D eigenvalue weighted by Gasteiger charge is -2.50. The molecule has 2 aliphatic heterocycles. The molecule has 4 nitrogen and oxygen atoms in total. The molecular formula is C22H20ClF2NO3S. The second-order valence-corrected chi connectivity index (χ2v) is 10.5. The summed E-state index contributed by atoms with van der Waals surface area (Å²) < 4.78 is 62.3. The second-order valence-electron chi connectivity index (χ2n) is 8.23. The Kier molecular flexibility index (Phi) is 4.59. The van der Waals surface area contributed by atoms with Crippen LogP contribution in [-0.4, -0.2) is 20.8 Å². The Bertz CT molecular complexity index is 1160. The first-order valence-corrected chi connectivity index (χ1v) is 11.9. The molecule has 0 amide bonds. The van der Waals surface area contributed by atoms with Crippen LogP contribution in [-0.2, 0) is 21.9 Å². The van der Waals surface area contributed by atoms with E-state index < -0.39 is 27.1 Å². The number of benzene rings is 2. The van der Waals surface area contributed by atoms with Crippen LogP contribution in [0.25, 0.3) is 0 Å². The molecule has 5 rings (SSSR count). The SMILES string of the molecule is O=S1(=O)CCC2=C(CC[C@@]3(Cc4ccc(Cl)cc4)c4c(F)ccc(F)c4OC[C@@H]23)N1. The molecule has 0 saturated heterocycles. The number of allylic oxidation sites excluding steroid dienone is 1. The summed E-state index contributed by atoms with van der Waals surface area (Å²) in [5, 5.41) is 0.604. The van der Waals surface area contributed by atoms with Crippen molar-refractivity contribution in [2.24, 2.45) is 5.92 Å². The van der Waals surface area contributed by atoms with E-state index in [1.165, 1.54) is 0 Å². The van der Waals surface area contributed by atoms with Gasteiger partial charge in [0.2, 0.25) is 10.0 Å². The number of sulfonamides is 1. The number of hydrogen-bond donors (Lipinski definition) is 1. The van der Waals surface area contributed by atoms with Crippen molar-refractivity contribution < 1.29 is 21.9 Å². The molecule has 0 bridgehead atoms. The van der Waals surface area contributed by atoms with Crippen molar-refractivity contribution in [2.45, 2.75) is 31.1 Å². The number of rotatable bonds is 2. The molecule has 158 valence electrons. The lowest BCUT2D eigenvalue weighted by atomic mass is 9.57. The highest BCUT2D eigenvalue weighted by atomic mass is 35.5. The van der Waals surface area contributed by atoms with Gasteiger partial charge in [0.15, 0.2) is 11.6 Å². The molecule has 2 atom stereocenters. The van der Waals surface area contributed by atoms with Gasteiger partial charge < -0.3 is 4.74 Å². The van der Waals surface area contributed by atoms with Crippen LogP contribution in [0.5, 0.6) is 5.75 Å². The van der Waals surface area contributed by atoms with Gasteiger partial charge in [-0.15, -0.1) is 0 Å². The summed E-state index contributed by atoms with van der Waals surface area (Å²) >= 11 is 6.03. The molecule has 0 fully saturated rings. The fraction of sp³-hybridized carbons (Fsp3) is 0.364. The first-order valence-electron chi connectivity index (χ1n) is 9.87. The number of nitrogens with one attached hydrogen (secondary N) is 1. The Morgan fingerprint density at radius 1 is 1.10 bits per heavy atom. The third-order valence-electron chi connectivity index (χ3n) is 6.60. The van der Waals surface area contributed by atoms with Gasteiger partial charge in [-0.2, -0.15) is 0 Å². The highest BCUT2D eigenvalue weighted by molar-refractivity contribution is 7.89. The highest BCUT2D eigenvalue weighted by Crippen LogP contribution is 2.55. The van der Waals surface area contributed by atoms with Crippen LogP contribution in [0.1, 0.15) is 30.4 Å². The van der Waals surface area contributed by atoms with E-state index >= 15 is 4.39 Å². The predicted molar refractivity (Wildman–Crippen MR) is 110 cm³/mol. The number of fused-ring (bicyclic) bond motifs is 4. The first-order chi connectivity index (χ1) is 14.3. The summed E-state index contributed by atoms with van der Waals surface area (Å²) in [7, 11) is -3.35. The van der Waals surface area contributed by atoms with Crippen molar-refractivity contribution in [1.82, 2.24) is 4.72 Å². The molecule has 0 spiro atoms. The molecule has 0 aromatic heterocycles. The van der Waals surface area contributed by atoms with Crippen LogP contribution in [0.15, 0.2) is 47.7 Å². The Labute approximate surface area is 178 Å². The third-order valence-corrected chi connectivity index (χ3v) is 8.15. The molecule has 2 aromatic carbocycles. The van der Waals surface area contributed by atoms with Gasteiger partial charge in [-0.05, 0) is 61.1 Å². The molecule has 3 aliphatic rings. The van der Waals surface area contributed by atoms with Gasteiger partial charge in [0, 0.05) is 27.6 Å². The predicted octanol–water partition coefficient (Wildman–Crippen LogP) is 4.48. The maximum atomic E-state index is 15.2. The van der Waals surface area contributed by atoms with Crippen LogP contribution in [0.4, 0.5) is 8.78 Å². The van der Waals surface area contributed by atoms with Crippen molar-refractivity contribution in [3.05, 3.63) is 75.5 Å². The van der Waals surface area contributed by atoms with Crippen molar-refractivity contribution in [3.63, 3.8) is 0 Å². The Balaban J connectivity index is 1.69. The minimum absolute atomic E-state index is 0.0160. The molecule has 0 radical (unpaired) electrons. The lowest BCUT2D eigenvalue weighted by Crippen LogP contribution is -2.51. The zero-order chi connectivity index (χ0) is 21.1. The summed E-state index contributed by atoms with van der Waals surface area (Å²) in [5.74, 6) is -1.36. The smallest absolute Gasteiger partial charge is 0.232 e. The van der Waals surface area contributed by atoms with Crippen LogP contribution in [0.2, 0.25) is 5.02 Å². The average molecular weight is 452 g/mol. The molecule has 30 heavy (non-hydrogen) atoms. The summed E-state index contributed by atoms with van der Waals surface area (Å²) in [5.41, 5.74) is 2.12. The standard InChI is InChI=1S/C22H20ClF2NO3S/c23-14-3-1-13(2-4-14)11-22-9-7-19-15(8-10-30(27,28)26-19)16(22)12-29-21-18(25)6-5-17(24)20(21)22/h1-6,16,26H,7-12H2/t16-,22-/m0/s1. The van der Waals surface area contributed by atoms with Crippen LogP contribution < -0.4 is 9.46 Å². The van der Waals surface area contributed by atoms with Gasteiger partial charge in [-0.3, -0.25) is 4.72 Å². The van der Waals surface area contributed by atoms with Gasteiger partial charge in [-0.1, -0.05) is 23.7 Å². The third kappa shape index (κ3) is 3.10. The van der Waals surface area contributed by atoms with Gasteiger partial charge in [-0.25, -0.2) is 17.2 Å². The number of halogens is 3. The minimum Gasteiger partial charge on any atom is -0.489 e. The molecule has 2 aromatic rings. The zero-order valence-corrected chi connectivity index (χ0v) is 17.6. The largest absolute Gasteiger partial charge is 0.489 e. The van der Waals surface area contributed by atoms with E-state index in [9.17, 15) is 12.8 Å². The van der Waals surface area contributed by atoms with Crippen molar-refractivity contribution in [1.29, 1.82) is 0 Å². The van der Waals surface area contributed by atoms with E-state index in [1.54, 1.807) is 12.1 Å². The van der Waals surface area contributed by atoms with Crippen molar-refractivity contribution in [2.75, 3.05) is 12.4 Å². The minimum atomic E-state index is -3.35. The molecular weight excluding hydrogens is 432 g/mol. The van der Waals surface area contributed by atoms with E-state index in [2.05, 4.69) is 4.72 Å². The molecule has 1 aliphatic carbocycles. The fourth-order valence-corrected chi connectivity index (χ4v) is 6.61. The van der Waals surface area contributed by atoms with Crippen LogP contribution in [0, 0.1) is 17.6 Å². The topological polar surface area (TPSA) is 55.4 Å². The first kappa shape index (κ1) is 19.8.